The number of rotatable bonds is 14. The molecular weight excluding hydrogens is 489 g/mol. The molecule has 0 spiro atoms. The van der Waals surface area contributed by atoms with Crippen LogP contribution in [-0.4, -0.2) is 0 Å². The molecule has 0 saturated heterocycles. The van der Waals surface area contributed by atoms with Crippen molar-refractivity contribution in [2.75, 3.05) is 0 Å². The van der Waals surface area contributed by atoms with Gasteiger partial charge in [-0.05, 0) is 41.8 Å². The van der Waals surface area contributed by atoms with Gasteiger partial charge in [0.1, 0.15) is 0 Å². The zero-order valence-corrected chi connectivity index (χ0v) is 16.1. The molecule has 0 aliphatic heterocycles. The Morgan fingerprint density at radius 3 is 0.710 bits per heavy atom. The van der Waals surface area contributed by atoms with Crippen LogP contribution in [0.4, 0.5) is 0 Å². The van der Waals surface area contributed by atoms with E-state index in [4.69, 9.17) is 5.53 Å². The summed E-state index contributed by atoms with van der Waals surface area (Å²) >= 11 is 2.08. The fraction of sp³-hybridized carbons (Fsp3) is 0. The molecular formula is HN29SV. The molecule has 31 heteroatoms. The second-order valence-electron chi connectivity index (χ2n) is 2.59. The molecule has 0 aromatic heterocycles. The molecule has 0 heterocycles. The summed E-state index contributed by atoms with van der Waals surface area (Å²) in [5.41, 5.74) is 6.23. The summed E-state index contributed by atoms with van der Waals surface area (Å²) in [5.74, 6) is 0. The number of hydrogen-bond acceptors (Lipinski definition) is 1. The van der Waals surface area contributed by atoms with Crippen molar-refractivity contribution in [3.8, 4) is 0 Å². The van der Waals surface area contributed by atoms with Gasteiger partial charge in [0.15, 0.2) is 0 Å². The second-order valence-corrected chi connectivity index (χ2v) is 3.68. The first-order valence-electron chi connectivity index (χ1n) is 5.99. The predicted octanol–water partition coefficient (Wildman–Crippen LogP) is 5.43. The minimum atomic E-state index is 1.01. The fourth-order valence-corrected chi connectivity index (χ4v) is 0.700. The molecule has 0 aliphatic carbocycles. The van der Waals surface area contributed by atoms with Crippen LogP contribution in [0.25, 0.3) is 0 Å². The Kier molecular flexibility index (Phi) is 21.0. The van der Waals surface area contributed by atoms with Gasteiger partial charge in [-0.25, -0.2) is 0 Å². The van der Waals surface area contributed by atoms with E-state index >= 15 is 0 Å². The normalized spacial score (nSPS) is 14.3. The topological polar surface area (TPSA) is 370 Å². The van der Waals surface area contributed by atoms with Gasteiger partial charge in [0.2, 0.25) is 0 Å². The van der Waals surface area contributed by atoms with E-state index in [1.807, 2.05) is 0 Å². The van der Waals surface area contributed by atoms with Crippen molar-refractivity contribution in [2.45, 2.75) is 0 Å². The SMILES string of the molecule is N=N/N=N/N=N/N=N/N=N/N=N/N=N/N=N/N=N/N=N/N=N/N=N/N=N/N=N/N=[S]=[V]. The van der Waals surface area contributed by atoms with Crippen molar-refractivity contribution in [3.05, 3.63) is 0 Å². The van der Waals surface area contributed by atoms with Crippen molar-refractivity contribution in [3.63, 3.8) is 0 Å². The van der Waals surface area contributed by atoms with Crippen molar-refractivity contribution in [1.82, 2.24) is 0 Å². The molecule has 0 radical (unpaired) electrons. The van der Waals surface area contributed by atoms with Crippen LogP contribution in [0.2, 0.25) is 0 Å². The summed E-state index contributed by atoms with van der Waals surface area (Å²) in [6.45, 7) is 0. The first kappa shape index (κ1) is 26.0. The average molecular weight is 490 g/mol. The van der Waals surface area contributed by atoms with Crippen LogP contribution in [0, 0.1) is 5.53 Å². The first-order chi connectivity index (χ1) is 15.4. The van der Waals surface area contributed by atoms with Crippen molar-refractivity contribution < 1.29 is 15.7 Å². The summed E-state index contributed by atoms with van der Waals surface area (Å²) in [7, 11) is 1.01. The molecule has 29 nitrogen and oxygen atoms in total. The molecule has 0 unspecified atom stereocenters. The Balaban J connectivity index is 3.98. The van der Waals surface area contributed by atoms with E-state index in [9.17, 15) is 0 Å². The summed E-state index contributed by atoms with van der Waals surface area (Å²) < 4.78 is 3.37. The Hall–Kier alpha value is -5.00. The molecule has 0 rings (SSSR count). The third-order valence-corrected chi connectivity index (χ3v) is 1.61. The standard InChI is InChI=1S/HN29S.V/c1-2-3-4-5-6-7-8-9-10-11-12-13-14-15-16-17-18-19-20-21-22-23-24-25-26-27-28-29-30;/h1H;/b2-1?,4-3+,6-5+,8-7+,10-9+,12-11+,14-13+,16-15+,18-17+,20-19+,22-21+,24-23+,26-25+,28-27+;. The molecule has 157 valence electrons. The van der Waals surface area contributed by atoms with Crippen molar-refractivity contribution >= 4 is 9.21 Å². The van der Waals surface area contributed by atoms with Gasteiger partial charge >= 0.3 is 81.6 Å². The van der Waals surface area contributed by atoms with E-state index in [-0.39, 0.29) is 0 Å². The van der Waals surface area contributed by atoms with Gasteiger partial charge in [-0.2, -0.15) is 5.53 Å². The van der Waals surface area contributed by atoms with Gasteiger partial charge < -0.3 is 0 Å². The van der Waals surface area contributed by atoms with E-state index in [0.717, 1.165) is 9.21 Å². The number of hydrogen-bond donors (Lipinski definition) is 1. The van der Waals surface area contributed by atoms with Crippen LogP contribution in [0.1, 0.15) is 0 Å². The molecule has 31 heavy (non-hydrogen) atoms. The minimum absolute atomic E-state index is 1.01. The van der Waals surface area contributed by atoms with Gasteiger partial charge in [-0.15, -0.1) is 0 Å². The zero-order valence-electron chi connectivity index (χ0n) is 13.9. The number of nitrogens with one attached hydrogen (secondary N) is 1. The van der Waals surface area contributed by atoms with Gasteiger partial charge in [-0.1, -0.05) is 0 Å². The summed E-state index contributed by atoms with van der Waals surface area (Å²) in [6.07, 6.45) is 0. The van der Waals surface area contributed by atoms with E-state index < -0.39 is 0 Å². The second kappa shape index (κ2) is 25.0. The maximum atomic E-state index is 6.23. The number of nitrogens with zero attached hydrogens (tertiary/aromatic N) is 28. The summed E-state index contributed by atoms with van der Waals surface area (Å²) in [6, 6.07) is 0. The van der Waals surface area contributed by atoms with Gasteiger partial charge in [-0.3, -0.25) is 0 Å². The van der Waals surface area contributed by atoms with Crippen LogP contribution in [-0.2, 0) is 24.9 Å². The van der Waals surface area contributed by atoms with Gasteiger partial charge in [0, 0.05) is 47.0 Å². The Labute approximate surface area is 176 Å². The van der Waals surface area contributed by atoms with Crippen LogP contribution in [0.15, 0.2) is 145 Å². The first-order valence-corrected chi connectivity index (χ1v) is 8.43. The molecule has 0 fully saturated rings. The molecule has 0 aliphatic rings. The van der Waals surface area contributed by atoms with E-state index in [0.29, 0.717) is 0 Å². The molecule has 0 aromatic carbocycles. The summed E-state index contributed by atoms with van der Waals surface area (Å²) in [5, 5.41) is 80.4. The molecule has 0 bridgehead atoms. The molecule has 1 N–H and O–H groups in total. The van der Waals surface area contributed by atoms with Crippen LogP contribution >= 0.6 is 0 Å². The summed E-state index contributed by atoms with van der Waals surface area (Å²) in [4.78, 5) is 0. The molecule has 0 amide bonds. The van der Waals surface area contributed by atoms with Crippen molar-refractivity contribution in [2.24, 2.45) is 145 Å². The monoisotopic (exact) mass is 490 g/mol. The Morgan fingerprint density at radius 1 is 0.323 bits per heavy atom. The van der Waals surface area contributed by atoms with Crippen LogP contribution < -0.4 is 0 Å². The Morgan fingerprint density at radius 2 is 0.516 bits per heavy atom. The predicted molar refractivity (Wildman–Crippen MR) is 78.1 cm³/mol. The molecule has 0 atom stereocenters. The van der Waals surface area contributed by atoms with E-state index in [1.54, 1.807) is 0 Å². The third-order valence-electron chi connectivity index (χ3n) is 1.12. The van der Waals surface area contributed by atoms with Gasteiger partial charge in [0.25, 0.3) is 0 Å². The van der Waals surface area contributed by atoms with Gasteiger partial charge in [0.05, 0.1) is 0 Å². The van der Waals surface area contributed by atoms with Crippen LogP contribution in [0.3, 0.4) is 0 Å². The van der Waals surface area contributed by atoms with E-state index in [1.165, 1.54) is 0 Å². The zero-order chi connectivity index (χ0) is 22.5. The fourth-order valence-electron chi connectivity index (χ4n) is 0.482. The molecule has 0 aromatic rings. The average Bonchev–Trinajstić information content (AvgIpc) is 2.78. The third kappa shape index (κ3) is 25.0. The quantitative estimate of drug-likeness (QED) is 0.235. The maximum absolute atomic E-state index is 6.23. The van der Waals surface area contributed by atoms with Crippen LogP contribution in [0.5, 0.6) is 0 Å². The molecule has 0 saturated carbocycles. The van der Waals surface area contributed by atoms with Crippen molar-refractivity contribution in [1.29, 1.82) is 5.53 Å². The Bertz CT molecular complexity index is 898. The van der Waals surface area contributed by atoms with E-state index in [2.05, 4.69) is 161 Å².